The molecule has 1 N–H and O–H groups in total. The number of aliphatic hydroxyl groups excluding tert-OH is 1. The van der Waals surface area contributed by atoms with Gasteiger partial charge in [0.25, 0.3) is 0 Å². The van der Waals surface area contributed by atoms with Gasteiger partial charge in [-0.05, 0) is 17.7 Å². The Morgan fingerprint density at radius 2 is 1.67 bits per heavy atom. The molecule has 0 unspecified atom stereocenters. The summed E-state index contributed by atoms with van der Waals surface area (Å²) in [6.45, 7) is 4.92. The first kappa shape index (κ1) is 14.0. The van der Waals surface area contributed by atoms with Crippen LogP contribution in [0.4, 0.5) is 5.82 Å². The molecule has 5 heteroatoms. The van der Waals surface area contributed by atoms with E-state index in [0.717, 1.165) is 38.5 Å². The van der Waals surface area contributed by atoms with E-state index >= 15 is 0 Å². The number of aliphatic hydroxyl groups is 1. The minimum Gasteiger partial charge on any atom is -0.390 e. The number of piperazine rings is 1. The molecule has 3 rings (SSSR count). The maximum atomic E-state index is 8.99. The van der Waals surface area contributed by atoms with E-state index in [1.165, 1.54) is 5.56 Å². The number of rotatable bonds is 4. The van der Waals surface area contributed by atoms with Crippen LogP contribution in [-0.2, 0) is 13.2 Å². The lowest BCUT2D eigenvalue weighted by Crippen LogP contribution is -2.46. The van der Waals surface area contributed by atoms with Crippen LogP contribution in [0.2, 0.25) is 0 Å². The molecule has 2 aromatic rings. The highest BCUT2D eigenvalue weighted by Gasteiger charge is 2.18. The third-order valence-electron chi connectivity index (χ3n) is 3.81. The summed E-state index contributed by atoms with van der Waals surface area (Å²) < 4.78 is 0. The number of aromatic nitrogens is 2. The molecule has 0 bridgehead atoms. The molecule has 1 aromatic carbocycles. The van der Waals surface area contributed by atoms with Crippen molar-refractivity contribution in [3.63, 3.8) is 0 Å². The molecular formula is C16H20N4O. The van der Waals surface area contributed by atoms with Crippen LogP contribution in [0.5, 0.6) is 0 Å². The summed E-state index contributed by atoms with van der Waals surface area (Å²) >= 11 is 0. The molecule has 2 heterocycles. The van der Waals surface area contributed by atoms with E-state index in [1.54, 1.807) is 0 Å². The highest BCUT2D eigenvalue weighted by atomic mass is 16.3. The minimum absolute atomic E-state index is 0.0574. The van der Waals surface area contributed by atoms with Crippen molar-refractivity contribution in [3.8, 4) is 0 Å². The molecule has 5 nitrogen and oxygen atoms in total. The van der Waals surface area contributed by atoms with Crippen LogP contribution in [0, 0.1) is 0 Å². The van der Waals surface area contributed by atoms with Gasteiger partial charge in [0, 0.05) is 32.7 Å². The Balaban J connectivity index is 1.54. The lowest BCUT2D eigenvalue weighted by Gasteiger charge is -2.35. The Morgan fingerprint density at radius 1 is 0.905 bits per heavy atom. The summed E-state index contributed by atoms with van der Waals surface area (Å²) in [5.74, 6) is 0.895. The third kappa shape index (κ3) is 3.56. The van der Waals surface area contributed by atoms with Gasteiger partial charge in [-0.25, -0.2) is 0 Å². The minimum atomic E-state index is -0.0574. The standard InChI is InChI=1S/C16H20N4O/c21-13-15-6-7-16(18-17-15)20-10-8-19(9-11-20)12-14-4-2-1-3-5-14/h1-7,21H,8-13H2. The van der Waals surface area contributed by atoms with E-state index in [1.807, 2.05) is 12.1 Å². The molecule has 21 heavy (non-hydrogen) atoms. The molecule has 0 amide bonds. The van der Waals surface area contributed by atoms with Gasteiger partial charge in [0.05, 0.1) is 12.3 Å². The van der Waals surface area contributed by atoms with Crippen molar-refractivity contribution < 1.29 is 5.11 Å². The van der Waals surface area contributed by atoms with Crippen LogP contribution in [0.3, 0.4) is 0 Å². The first-order valence-corrected chi connectivity index (χ1v) is 7.30. The van der Waals surface area contributed by atoms with E-state index < -0.39 is 0 Å². The average Bonchev–Trinajstić information content (AvgIpc) is 2.57. The van der Waals surface area contributed by atoms with Gasteiger partial charge in [-0.2, -0.15) is 5.10 Å². The lowest BCUT2D eigenvalue weighted by atomic mass is 10.2. The average molecular weight is 284 g/mol. The zero-order chi connectivity index (χ0) is 14.5. The highest BCUT2D eigenvalue weighted by molar-refractivity contribution is 5.37. The van der Waals surface area contributed by atoms with Crippen molar-refractivity contribution >= 4 is 5.82 Å². The third-order valence-corrected chi connectivity index (χ3v) is 3.81. The summed E-state index contributed by atoms with van der Waals surface area (Å²) in [5, 5.41) is 17.2. The van der Waals surface area contributed by atoms with Gasteiger partial charge in [-0.3, -0.25) is 4.90 Å². The van der Waals surface area contributed by atoms with E-state index in [9.17, 15) is 0 Å². The molecule has 0 saturated carbocycles. The Morgan fingerprint density at radius 3 is 2.29 bits per heavy atom. The SMILES string of the molecule is OCc1ccc(N2CCN(Cc3ccccc3)CC2)nn1. The predicted octanol–water partition coefficient (Wildman–Crippen LogP) is 1.29. The van der Waals surface area contributed by atoms with Gasteiger partial charge in [-0.1, -0.05) is 30.3 Å². The Kier molecular flexibility index (Phi) is 4.43. The molecule has 110 valence electrons. The fourth-order valence-electron chi connectivity index (χ4n) is 2.58. The fraction of sp³-hybridized carbons (Fsp3) is 0.375. The molecule has 1 saturated heterocycles. The number of hydrogen-bond donors (Lipinski definition) is 1. The monoisotopic (exact) mass is 284 g/mol. The topological polar surface area (TPSA) is 52.5 Å². The maximum Gasteiger partial charge on any atom is 0.151 e. The summed E-state index contributed by atoms with van der Waals surface area (Å²) in [4.78, 5) is 4.71. The second kappa shape index (κ2) is 6.65. The second-order valence-corrected chi connectivity index (χ2v) is 5.29. The summed E-state index contributed by atoms with van der Waals surface area (Å²) in [7, 11) is 0. The molecule has 1 aromatic heterocycles. The predicted molar refractivity (Wildman–Crippen MR) is 81.9 cm³/mol. The molecule has 1 fully saturated rings. The Bertz CT molecular complexity index is 550. The van der Waals surface area contributed by atoms with Gasteiger partial charge >= 0.3 is 0 Å². The first-order chi connectivity index (χ1) is 10.3. The maximum absolute atomic E-state index is 8.99. The van der Waals surface area contributed by atoms with Crippen LogP contribution < -0.4 is 4.90 Å². The van der Waals surface area contributed by atoms with E-state index in [0.29, 0.717) is 5.69 Å². The molecule has 0 radical (unpaired) electrons. The summed E-state index contributed by atoms with van der Waals surface area (Å²) in [6, 6.07) is 14.3. The Labute approximate surface area is 124 Å². The lowest BCUT2D eigenvalue weighted by molar-refractivity contribution is 0.249. The van der Waals surface area contributed by atoms with Gasteiger partial charge in [0.15, 0.2) is 5.82 Å². The molecule has 0 spiro atoms. The molecule has 1 aliphatic heterocycles. The Hall–Kier alpha value is -1.98. The normalized spacial score (nSPS) is 16.1. The van der Waals surface area contributed by atoms with Crippen LogP contribution in [0.1, 0.15) is 11.3 Å². The smallest absolute Gasteiger partial charge is 0.151 e. The van der Waals surface area contributed by atoms with Crippen LogP contribution >= 0.6 is 0 Å². The fourth-order valence-corrected chi connectivity index (χ4v) is 2.58. The molecule has 0 atom stereocenters. The van der Waals surface area contributed by atoms with Gasteiger partial charge in [-0.15, -0.1) is 5.10 Å². The van der Waals surface area contributed by atoms with Crippen LogP contribution in [0.25, 0.3) is 0 Å². The van der Waals surface area contributed by atoms with Gasteiger partial charge in [0.2, 0.25) is 0 Å². The largest absolute Gasteiger partial charge is 0.390 e. The number of anilines is 1. The van der Waals surface area contributed by atoms with E-state index in [-0.39, 0.29) is 6.61 Å². The van der Waals surface area contributed by atoms with Crippen molar-refractivity contribution in [2.24, 2.45) is 0 Å². The second-order valence-electron chi connectivity index (χ2n) is 5.29. The number of hydrogen-bond acceptors (Lipinski definition) is 5. The summed E-state index contributed by atoms with van der Waals surface area (Å²) in [6.07, 6.45) is 0. The van der Waals surface area contributed by atoms with Gasteiger partial charge in [0.1, 0.15) is 0 Å². The van der Waals surface area contributed by atoms with Crippen molar-refractivity contribution in [1.29, 1.82) is 0 Å². The molecule has 1 aliphatic rings. The van der Waals surface area contributed by atoms with Crippen molar-refractivity contribution in [2.45, 2.75) is 13.2 Å². The number of benzene rings is 1. The number of nitrogens with zero attached hydrogens (tertiary/aromatic N) is 4. The van der Waals surface area contributed by atoms with Crippen LogP contribution in [-0.4, -0.2) is 46.4 Å². The first-order valence-electron chi connectivity index (χ1n) is 7.30. The van der Waals surface area contributed by atoms with Crippen LogP contribution in [0.15, 0.2) is 42.5 Å². The summed E-state index contributed by atoms with van der Waals surface area (Å²) in [5.41, 5.74) is 1.97. The van der Waals surface area contributed by atoms with E-state index in [2.05, 4.69) is 50.3 Å². The zero-order valence-corrected chi connectivity index (χ0v) is 12.0. The van der Waals surface area contributed by atoms with Crippen molar-refractivity contribution in [2.75, 3.05) is 31.1 Å². The van der Waals surface area contributed by atoms with Gasteiger partial charge < -0.3 is 10.0 Å². The highest BCUT2D eigenvalue weighted by Crippen LogP contribution is 2.14. The zero-order valence-electron chi connectivity index (χ0n) is 12.0. The van der Waals surface area contributed by atoms with Crippen molar-refractivity contribution in [1.82, 2.24) is 15.1 Å². The molecular weight excluding hydrogens is 264 g/mol. The van der Waals surface area contributed by atoms with E-state index in [4.69, 9.17) is 5.11 Å². The molecule has 0 aliphatic carbocycles. The quantitative estimate of drug-likeness (QED) is 0.917. The van der Waals surface area contributed by atoms with Crippen molar-refractivity contribution in [3.05, 3.63) is 53.7 Å².